The molecule has 2 N–H and O–H groups in total. The summed E-state index contributed by atoms with van der Waals surface area (Å²) in [6.45, 7) is 3.29. The minimum absolute atomic E-state index is 0.0223. The molecule has 0 spiro atoms. The van der Waals surface area contributed by atoms with E-state index in [-0.39, 0.29) is 18.0 Å². The summed E-state index contributed by atoms with van der Waals surface area (Å²) >= 11 is 1.67. The quantitative estimate of drug-likeness (QED) is 0.435. The maximum Gasteiger partial charge on any atom is 0.244 e. The molecule has 9 heteroatoms. The third kappa shape index (κ3) is 3.07. The van der Waals surface area contributed by atoms with E-state index in [2.05, 4.69) is 34.1 Å². The largest absolute Gasteiger partial charge is 0.368 e. The Morgan fingerprint density at radius 2 is 1.71 bits per heavy atom. The number of aromatic nitrogens is 2. The fourth-order valence-electron chi connectivity index (χ4n) is 4.67. The zero-order valence-electron chi connectivity index (χ0n) is 18.7. The first kappa shape index (κ1) is 21.2. The normalized spacial score (nSPS) is 19.5. The Hall–Kier alpha value is -3.30. The summed E-state index contributed by atoms with van der Waals surface area (Å²) in [5.74, 6) is -0.0223. The van der Waals surface area contributed by atoms with E-state index in [4.69, 9.17) is 10.7 Å². The molecule has 2 aliphatic rings. The van der Waals surface area contributed by atoms with Crippen molar-refractivity contribution in [2.75, 3.05) is 10.6 Å². The van der Waals surface area contributed by atoms with E-state index in [1.807, 2.05) is 48.5 Å². The lowest BCUT2D eigenvalue weighted by Gasteiger charge is -2.28. The van der Waals surface area contributed by atoms with Crippen molar-refractivity contribution in [3.8, 4) is 0 Å². The molecule has 172 valence electrons. The van der Waals surface area contributed by atoms with Crippen LogP contribution in [0.3, 0.4) is 0 Å². The van der Waals surface area contributed by atoms with Gasteiger partial charge in [-0.25, -0.2) is 17.4 Å². The molecule has 2 aliphatic heterocycles. The van der Waals surface area contributed by atoms with Gasteiger partial charge in [0.15, 0.2) is 5.17 Å². The highest BCUT2D eigenvalue weighted by molar-refractivity contribution is 8.14. The number of hydrogen-bond acceptors (Lipinski definition) is 7. The van der Waals surface area contributed by atoms with Gasteiger partial charge in [-0.1, -0.05) is 48.5 Å². The van der Waals surface area contributed by atoms with E-state index in [1.165, 1.54) is 3.97 Å². The van der Waals surface area contributed by atoms with E-state index in [0.717, 1.165) is 26.9 Å². The van der Waals surface area contributed by atoms with Crippen LogP contribution in [-0.2, 0) is 10.0 Å². The number of fused-ring (bicyclic) bond motifs is 4. The predicted molar refractivity (Wildman–Crippen MR) is 138 cm³/mol. The van der Waals surface area contributed by atoms with E-state index in [9.17, 15) is 8.42 Å². The lowest BCUT2D eigenvalue weighted by molar-refractivity contribution is 0.580. The van der Waals surface area contributed by atoms with Gasteiger partial charge in [0.25, 0.3) is 0 Å². The molecule has 2 unspecified atom stereocenters. The lowest BCUT2D eigenvalue weighted by atomic mass is 9.93. The SMILES string of the molecule is CC(C)S(=O)(=O)n1c(N)nc2ccc(C3C(c4ccccc4)N=C4Sc5ccccc5N43)cc21. The molecule has 7 nitrogen and oxygen atoms in total. The molecule has 0 radical (unpaired) electrons. The number of nitrogens with zero attached hydrogens (tertiary/aromatic N) is 4. The van der Waals surface area contributed by atoms with Crippen molar-refractivity contribution >= 4 is 49.6 Å². The monoisotopic (exact) mass is 489 g/mol. The first-order chi connectivity index (χ1) is 16.4. The highest BCUT2D eigenvalue weighted by Crippen LogP contribution is 2.53. The molecule has 0 saturated heterocycles. The highest BCUT2D eigenvalue weighted by atomic mass is 32.2. The van der Waals surface area contributed by atoms with Crippen LogP contribution in [0.25, 0.3) is 11.0 Å². The molecule has 4 aromatic rings. The second-order valence-electron chi connectivity index (χ2n) is 8.73. The lowest BCUT2D eigenvalue weighted by Crippen LogP contribution is -2.27. The average Bonchev–Trinajstić information content (AvgIpc) is 3.47. The van der Waals surface area contributed by atoms with E-state index >= 15 is 0 Å². The molecule has 2 atom stereocenters. The topological polar surface area (TPSA) is 93.6 Å². The number of thioether (sulfide) groups is 1. The van der Waals surface area contributed by atoms with Crippen molar-refractivity contribution < 1.29 is 8.42 Å². The third-order valence-electron chi connectivity index (χ3n) is 6.35. The molecule has 0 fully saturated rings. The van der Waals surface area contributed by atoms with Gasteiger partial charge in [-0.15, -0.1) is 0 Å². The summed E-state index contributed by atoms with van der Waals surface area (Å²) in [6, 6.07) is 24.0. The van der Waals surface area contributed by atoms with E-state index < -0.39 is 15.3 Å². The smallest absolute Gasteiger partial charge is 0.244 e. The predicted octanol–water partition coefficient (Wildman–Crippen LogP) is 4.97. The third-order valence-corrected chi connectivity index (χ3v) is 9.49. The number of rotatable bonds is 4. The number of aliphatic imine (C=N–C) groups is 1. The first-order valence-electron chi connectivity index (χ1n) is 11.1. The molecule has 0 aliphatic carbocycles. The van der Waals surface area contributed by atoms with Crippen molar-refractivity contribution in [3.05, 3.63) is 83.9 Å². The second-order valence-corrected chi connectivity index (χ2v) is 12.1. The summed E-state index contributed by atoms with van der Waals surface area (Å²) in [7, 11) is -3.68. The number of amidine groups is 1. The van der Waals surface area contributed by atoms with Crippen LogP contribution >= 0.6 is 11.8 Å². The Bertz CT molecular complexity index is 1560. The van der Waals surface area contributed by atoms with Crippen LogP contribution in [0.15, 0.2) is 82.7 Å². The molecule has 0 bridgehead atoms. The van der Waals surface area contributed by atoms with Crippen LogP contribution in [-0.4, -0.2) is 27.8 Å². The van der Waals surface area contributed by atoms with Gasteiger partial charge >= 0.3 is 0 Å². The zero-order valence-corrected chi connectivity index (χ0v) is 20.3. The Morgan fingerprint density at radius 3 is 2.47 bits per heavy atom. The maximum absolute atomic E-state index is 13.1. The Balaban J connectivity index is 1.56. The molecule has 3 aromatic carbocycles. The maximum atomic E-state index is 13.1. The van der Waals surface area contributed by atoms with Gasteiger partial charge < -0.3 is 10.6 Å². The number of para-hydroxylation sites is 1. The van der Waals surface area contributed by atoms with Crippen LogP contribution in [0.5, 0.6) is 0 Å². The van der Waals surface area contributed by atoms with E-state index in [0.29, 0.717) is 11.0 Å². The number of nitrogens with two attached hydrogens (primary N) is 1. The standard InChI is InChI=1S/C25H23N5O2S2/c1-15(2)34(31,32)30-20-14-17(12-13-18(20)27-24(30)26)23-22(16-8-4-3-5-9-16)28-25-29(23)19-10-6-7-11-21(19)33-25/h3-15,22-23H,1-2H3,(H2,26,27). The molecular weight excluding hydrogens is 466 g/mol. The summed E-state index contributed by atoms with van der Waals surface area (Å²) in [5.41, 5.74) is 10.3. The van der Waals surface area contributed by atoms with Gasteiger partial charge in [0.2, 0.25) is 16.0 Å². The van der Waals surface area contributed by atoms with Crippen molar-refractivity contribution in [2.24, 2.45) is 4.99 Å². The average molecular weight is 490 g/mol. The number of hydrogen-bond donors (Lipinski definition) is 1. The first-order valence-corrected chi connectivity index (χ1v) is 13.4. The molecule has 6 rings (SSSR count). The second kappa shape index (κ2) is 7.61. The molecule has 3 heterocycles. The fraction of sp³-hybridized carbons (Fsp3) is 0.200. The van der Waals surface area contributed by atoms with Crippen molar-refractivity contribution in [3.63, 3.8) is 0 Å². The van der Waals surface area contributed by atoms with Crippen molar-refractivity contribution in [1.29, 1.82) is 0 Å². The van der Waals surface area contributed by atoms with Gasteiger partial charge in [0.05, 0.1) is 28.0 Å². The van der Waals surface area contributed by atoms with Crippen LogP contribution in [0.4, 0.5) is 11.6 Å². The van der Waals surface area contributed by atoms with Gasteiger partial charge in [-0.05, 0) is 61.0 Å². The van der Waals surface area contributed by atoms with Crippen molar-refractivity contribution in [1.82, 2.24) is 8.96 Å². The summed E-state index contributed by atoms with van der Waals surface area (Å²) in [4.78, 5) is 12.9. The summed E-state index contributed by atoms with van der Waals surface area (Å²) < 4.78 is 27.4. The van der Waals surface area contributed by atoms with Gasteiger partial charge in [-0.2, -0.15) is 0 Å². The molecular formula is C25H23N5O2S2. The highest BCUT2D eigenvalue weighted by Gasteiger charge is 2.44. The zero-order chi connectivity index (χ0) is 23.6. The van der Waals surface area contributed by atoms with Crippen LogP contribution in [0.2, 0.25) is 0 Å². The van der Waals surface area contributed by atoms with Gasteiger partial charge in [-0.3, -0.25) is 4.99 Å². The molecule has 34 heavy (non-hydrogen) atoms. The number of imidazole rings is 1. The Labute approximate surface area is 202 Å². The van der Waals surface area contributed by atoms with Crippen LogP contribution in [0.1, 0.15) is 37.1 Å². The van der Waals surface area contributed by atoms with Gasteiger partial charge in [0.1, 0.15) is 6.04 Å². The van der Waals surface area contributed by atoms with Crippen LogP contribution < -0.4 is 10.6 Å². The van der Waals surface area contributed by atoms with Crippen LogP contribution in [0, 0.1) is 0 Å². The van der Waals surface area contributed by atoms with Gasteiger partial charge in [0, 0.05) is 4.90 Å². The molecule has 1 aromatic heterocycles. The molecule has 0 amide bonds. The number of nitrogen functional groups attached to an aromatic ring is 1. The Morgan fingerprint density at radius 1 is 0.971 bits per heavy atom. The minimum Gasteiger partial charge on any atom is -0.368 e. The number of benzene rings is 3. The summed E-state index contributed by atoms with van der Waals surface area (Å²) in [6.07, 6.45) is 0. The number of anilines is 2. The summed E-state index contributed by atoms with van der Waals surface area (Å²) in [5, 5.41) is 0.319. The molecule has 0 saturated carbocycles. The van der Waals surface area contributed by atoms with E-state index in [1.54, 1.807) is 25.6 Å². The van der Waals surface area contributed by atoms with Crippen molar-refractivity contribution in [2.45, 2.75) is 36.1 Å². The minimum atomic E-state index is -3.68. The fourth-order valence-corrected chi connectivity index (χ4v) is 6.91. The Kier molecular flexibility index (Phi) is 4.76.